The zero-order valence-corrected chi connectivity index (χ0v) is 11.8. The molecule has 19 heavy (non-hydrogen) atoms. The Morgan fingerprint density at radius 3 is 2.74 bits per heavy atom. The molecular formula is C16H24FNO. The van der Waals surface area contributed by atoms with Crippen LogP contribution in [0, 0.1) is 11.7 Å². The minimum absolute atomic E-state index is 0.152. The molecular weight excluding hydrogens is 241 g/mol. The number of nitrogens with one attached hydrogen (secondary N) is 1. The van der Waals surface area contributed by atoms with Crippen LogP contribution in [-0.4, -0.2) is 23.8 Å². The van der Waals surface area contributed by atoms with Crippen LogP contribution in [0.5, 0.6) is 0 Å². The lowest BCUT2D eigenvalue weighted by Crippen LogP contribution is -2.43. The van der Waals surface area contributed by atoms with E-state index in [1.165, 1.54) is 6.07 Å². The van der Waals surface area contributed by atoms with E-state index >= 15 is 0 Å². The Morgan fingerprint density at radius 2 is 2.11 bits per heavy atom. The standard InChI is InChI=1S/C16H24FNO/c1-11(2)6-16(19)10-18-15-8-13(9-15)12-4-3-5-14(17)7-12/h3-5,7,11,13,15-16,18-19H,6,8-10H2,1-2H3. The molecule has 1 fully saturated rings. The molecule has 3 heteroatoms. The summed E-state index contributed by atoms with van der Waals surface area (Å²) in [6.45, 7) is 4.90. The molecule has 1 unspecified atom stereocenters. The molecule has 0 saturated heterocycles. The van der Waals surface area contributed by atoms with Gasteiger partial charge in [0.15, 0.2) is 0 Å². The quantitative estimate of drug-likeness (QED) is 0.828. The lowest BCUT2D eigenvalue weighted by atomic mass is 9.76. The Balaban J connectivity index is 1.69. The van der Waals surface area contributed by atoms with Crippen LogP contribution in [0.25, 0.3) is 0 Å². The van der Waals surface area contributed by atoms with Crippen molar-refractivity contribution in [3.05, 3.63) is 35.6 Å². The number of aliphatic hydroxyl groups excluding tert-OH is 1. The van der Waals surface area contributed by atoms with Gasteiger partial charge in [0.05, 0.1) is 6.10 Å². The average molecular weight is 265 g/mol. The molecule has 1 aromatic rings. The van der Waals surface area contributed by atoms with Crippen LogP contribution in [0.1, 0.15) is 44.6 Å². The lowest BCUT2D eigenvalue weighted by Gasteiger charge is -2.37. The first-order chi connectivity index (χ1) is 9.04. The summed E-state index contributed by atoms with van der Waals surface area (Å²) >= 11 is 0. The van der Waals surface area contributed by atoms with Gasteiger partial charge in [-0.05, 0) is 48.8 Å². The third-order valence-corrected chi connectivity index (χ3v) is 3.84. The first kappa shape index (κ1) is 14.5. The van der Waals surface area contributed by atoms with E-state index in [1.54, 1.807) is 12.1 Å². The molecule has 0 radical (unpaired) electrons. The van der Waals surface area contributed by atoms with Crippen LogP contribution < -0.4 is 5.32 Å². The van der Waals surface area contributed by atoms with Crippen LogP contribution in [0.4, 0.5) is 4.39 Å². The second-order valence-electron chi connectivity index (χ2n) is 6.11. The van der Waals surface area contributed by atoms with Crippen LogP contribution in [0.2, 0.25) is 0 Å². The highest BCUT2D eigenvalue weighted by atomic mass is 19.1. The molecule has 2 nitrogen and oxygen atoms in total. The topological polar surface area (TPSA) is 32.3 Å². The van der Waals surface area contributed by atoms with Gasteiger partial charge in [0.2, 0.25) is 0 Å². The molecule has 1 aromatic carbocycles. The smallest absolute Gasteiger partial charge is 0.123 e. The summed E-state index contributed by atoms with van der Waals surface area (Å²) in [4.78, 5) is 0. The molecule has 2 rings (SSSR count). The summed E-state index contributed by atoms with van der Waals surface area (Å²) in [5.41, 5.74) is 1.10. The van der Waals surface area contributed by atoms with Crippen molar-refractivity contribution in [3.63, 3.8) is 0 Å². The fraction of sp³-hybridized carbons (Fsp3) is 0.625. The summed E-state index contributed by atoms with van der Waals surface area (Å²) in [5.74, 6) is 0.843. The Kier molecular flexibility index (Phi) is 4.94. The summed E-state index contributed by atoms with van der Waals surface area (Å²) < 4.78 is 13.1. The van der Waals surface area contributed by atoms with Gasteiger partial charge in [0, 0.05) is 12.6 Å². The minimum atomic E-state index is -0.256. The van der Waals surface area contributed by atoms with Gasteiger partial charge in [-0.2, -0.15) is 0 Å². The van der Waals surface area contributed by atoms with Crippen LogP contribution in [-0.2, 0) is 0 Å². The number of hydrogen-bond donors (Lipinski definition) is 2. The van der Waals surface area contributed by atoms with Gasteiger partial charge >= 0.3 is 0 Å². The fourth-order valence-corrected chi connectivity index (χ4v) is 2.75. The highest BCUT2D eigenvalue weighted by Crippen LogP contribution is 2.36. The monoisotopic (exact) mass is 265 g/mol. The highest BCUT2D eigenvalue weighted by Gasteiger charge is 2.30. The number of halogens is 1. The first-order valence-electron chi connectivity index (χ1n) is 7.21. The molecule has 2 N–H and O–H groups in total. The Morgan fingerprint density at radius 1 is 1.37 bits per heavy atom. The molecule has 0 aliphatic heterocycles. The first-order valence-corrected chi connectivity index (χ1v) is 7.21. The van der Waals surface area contributed by atoms with E-state index in [4.69, 9.17) is 0 Å². The van der Waals surface area contributed by atoms with E-state index in [0.29, 0.717) is 24.4 Å². The normalized spacial score (nSPS) is 24.3. The van der Waals surface area contributed by atoms with Crippen LogP contribution >= 0.6 is 0 Å². The molecule has 0 bridgehead atoms. The Bertz CT molecular complexity index is 401. The molecule has 0 amide bonds. The highest BCUT2D eigenvalue weighted by molar-refractivity contribution is 5.23. The van der Waals surface area contributed by atoms with Crippen LogP contribution in [0.15, 0.2) is 24.3 Å². The molecule has 1 atom stereocenters. The molecule has 1 saturated carbocycles. The molecule has 1 aliphatic carbocycles. The maximum Gasteiger partial charge on any atom is 0.123 e. The van der Waals surface area contributed by atoms with Crippen molar-refractivity contribution < 1.29 is 9.50 Å². The molecule has 106 valence electrons. The maximum absolute atomic E-state index is 13.1. The van der Waals surface area contributed by atoms with Crippen molar-refractivity contribution in [2.45, 2.75) is 51.2 Å². The van der Waals surface area contributed by atoms with Crippen molar-refractivity contribution in [2.75, 3.05) is 6.54 Å². The minimum Gasteiger partial charge on any atom is -0.392 e. The van der Waals surface area contributed by atoms with Crippen molar-refractivity contribution in [1.82, 2.24) is 5.32 Å². The summed E-state index contributed by atoms with van der Waals surface area (Å²) in [6, 6.07) is 7.36. The average Bonchev–Trinajstić information content (AvgIpc) is 2.25. The largest absolute Gasteiger partial charge is 0.392 e. The second kappa shape index (κ2) is 6.49. The van der Waals surface area contributed by atoms with Crippen molar-refractivity contribution in [2.24, 2.45) is 5.92 Å². The van der Waals surface area contributed by atoms with Crippen molar-refractivity contribution >= 4 is 0 Å². The van der Waals surface area contributed by atoms with Gasteiger partial charge in [-0.15, -0.1) is 0 Å². The predicted octanol–water partition coefficient (Wildman–Crippen LogP) is 3.07. The van der Waals surface area contributed by atoms with Crippen molar-refractivity contribution in [1.29, 1.82) is 0 Å². The zero-order valence-electron chi connectivity index (χ0n) is 11.8. The summed E-state index contributed by atoms with van der Waals surface area (Å²) in [7, 11) is 0. The van der Waals surface area contributed by atoms with Crippen LogP contribution in [0.3, 0.4) is 0 Å². The molecule has 1 aliphatic rings. The van der Waals surface area contributed by atoms with E-state index in [0.717, 1.165) is 24.8 Å². The molecule has 0 heterocycles. The Labute approximate surface area is 115 Å². The van der Waals surface area contributed by atoms with Gasteiger partial charge in [-0.1, -0.05) is 26.0 Å². The summed E-state index contributed by atoms with van der Waals surface area (Å²) in [6.07, 6.45) is 2.66. The number of rotatable bonds is 6. The number of benzene rings is 1. The van der Waals surface area contributed by atoms with Gasteiger partial charge in [-0.25, -0.2) is 4.39 Å². The second-order valence-corrected chi connectivity index (χ2v) is 6.11. The van der Waals surface area contributed by atoms with E-state index in [2.05, 4.69) is 19.2 Å². The molecule has 0 spiro atoms. The Hall–Kier alpha value is -0.930. The predicted molar refractivity (Wildman–Crippen MR) is 75.6 cm³/mol. The van der Waals surface area contributed by atoms with E-state index in [1.807, 2.05) is 6.07 Å². The number of aliphatic hydroxyl groups is 1. The number of hydrogen-bond acceptors (Lipinski definition) is 2. The third-order valence-electron chi connectivity index (χ3n) is 3.84. The zero-order chi connectivity index (χ0) is 13.8. The SMILES string of the molecule is CC(C)CC(O)CNC1CC(c2cccc(F)c2)C1. The van der Waals surface area contributed by atoms with E-state index < -0.39 is 0 Å². The molecule has 0 aromatic heterocycles. The van der Waals surface area contributed by atoms with Gasteiger partial charge in [0.25, 0.3) is 0 Å². The maximum atomic E-state index is 13.1. The lowest BCUT2D eigenvalue weighted by molar-refractivity contribution is 0.133. The summed E-state index contributed by atoms with van der Waals surface area (Å²) in [5, 5.41) is 13.2. The van der Waals surface area contributed by atoms with Gasteiger partial charge in [0.1, 0.15) is 5.82 Å². The third kappa shape index (κ3) is 4.29. The van der Waals surface area contributed by atoms with E-state index in [9.17, 15) is 9.50 Å². The fourth-order valence-electron chi connectivity index (χ4n) is 2.75. The van der Waals surface area contributed by atoms with Gasteiger partial charge < -0.3 is 10.4 Å². The van der Waals surface area contributed by atoms with Crippen molar-refractivity contribution in [3.8, 4) is 0 Å². The van der Waals surface area contributed by atoms with E-state index in [-0.39, 0.29) is 11.9 Å². The van der Waals surface area contributed by atoms with Gasteiger partial charge in [-0.3, -0.25) is 0 Å².